The number of anilines is 3. The number of pyridine rings is 1. The average molecular weight is 408 g/mol. The van der Waals surface area contributed by atoms with Crippen molar-refractivity contribution in [2.75, 3.05) is 10.6 Å². The van der Waals surface area contributed by atoms with Crippen molar-refractivity contribution in [3.63, 3.8) is 0 Å². The molecule has 1 aliphatic carbocycles. The topological polar surface area (TPSA) is 62.7 Å². The van der Waals surface area contributed by atoms with E-state index in [1.54, 1.807) is 6.20 Å². The first-order valence-corrected chi connectivity index (χ1v) is 10.6. The summed E-state index contributed by atoms with van der Waals surface area (Å²) >= 11 is 6.19. The van der Waals surface area contributed by atoms with Crippen LogP contribution in [0.2, 0.25) is 5.02 Å². The Balaban J connectivity index is 1.69. The van der Waals surface area contributed by atoms with E-state index in [0.29, 0.717) is 12.0 Å². The van der Waals surface area contributed by atoms with Gasteiger partial charge in [-0.05, 0) is 62.1 Å². The van der Waals surface area contributed by atoms with Gasteiger partial charge in [-0.2, -0.15) is 4.98 Å². The maximum absolute atomic E-state index is 6.19. The smallest absolute Gasteiger partial charge is 0.225 e. The lowest BCUT2D eigenvalue weighted by molar-refractivity contribution is 0.461. The van der Waals surface area contributed by atoms with Crippen molar-refractivity contribution >= 4 is 29.1 Å². The van der Waals surface area contributed by atoms with Gasteiger partial charge in [0.15, 0.2) is 0 Å². The molecule has 1 saturated carbocycles. The van der Waals surface area contributed by atoms with Crippen LogP contribution in [0, 0.1) is 13.8 Å². The Morgan fingerprint density at radius 3 is 2.45 bits per heavy atom. The Bertz CT molecular complexity index is 961. The van der Waals surface area contributed by atoms with Crippen molar-refractivity contribution < 1.29 is 0 Å². The molecule has 0 spiro atoms. The van der Waals surface area contributed by atoms with Crippen LogP contribution in [-0.4, -0.2) is 21.0 Å². The van der Waals surface area contributed by atoms with E-state index >= 15 is 0 Å². The molecule has 0 radical (unpaired) electrons. The summed E-state index contributed by atoms with van der Waals surface area (Å²) < 4.78 is 0. The Morgan fingerprint density at radius 2 is 1.76 bits per heavy atom. The highest BCUT2D eigenvalue weighted by Crippen LogP contribution is 2.30. The zero-order chi connectivity index (χ0) is 20.2. The van der Waals surface area contributed by atoms with Crippen LogP contribution in [0.1, 0.15) is 43.2 Å². The third kappa shape index (κ3) is 4.85. The third-order valence-electron chi connectivity index (χ3n) is 5.37. The summed E-state index contributed by atoms with van der Waals surface area (Å²) in [6, 6.07) is 10.3. The van der Waals surface area contributed by atoms with Gasteiger partial charge in [0.2, 0.25) is 5.95 Å². The van der Waals surface area contributed by atoms with E-state index < -0.39 is 0 Å². The minimum atomic E-state index is 0.430. The maximum Gasteiger partial charge on any atom is 0.225 e. The van der Waals surface area contributed by atoms with Crippen LogP contribution in [0.25, 0.3) is 11.3 Å². The molecule has 2 aromatic heterocycles. The van der Waals surface area contributed by atoms with Gasteiger partial charge >= 0.3 is 0 Å². The maximum atomic E-state index is 6.19. The molecule has 0 bridgehead atoms. The van der Waals surface area contributed by atoms with E-state index in [2.05, 4.69) is 15.6 Å². The molecule has 29 heavy (non-hydrogen) atoms. The van der Waals surface area contributed by atoms with Gasteiger partial charge in [-0.25, -0.2) is 4.98 Å². The number of benzene rings is 1. The monoisotopic (exact) mass is 407 g/mol. The molecule has 2 heterocycles. The molecule has 6 heteroatoms. The first kappa shape index (κ1) is 19.6. The van der Waals surface area contributed by atoms with Crippen LogP contribution in [0.15, 0.2) is 42.7 Å². The number of hydrogen-bond donors (Lipinski definition) is 2. The van der Waals surface area contributed by atoms with Crippen LogP contribution in [-0.2, 0) is 0 Å². The Kier molecular flexibility index (Phi) is 5.95. The van der Waals surface area contributed by atoms with Crippen molar-refractivity contribution in [3.8, 4) is 11.3 Å². The van der Waals surface area contributed by atoms with Crippen molar-refractivity contribution in [2.45, 2.75) is 52.0 Å². The van der Waals surface area contributed by atoms with Gasteiger partial charge < -0.3 is 10.6 Å². The van der Waals surface area contributed by atoms with E-state index in [-0.39, 0.29) is 0 Å². The molecule has 1 aliphatic rings. The lowest BCUT2D eigenvalue weighted by atomic mass is 9.96. The molecule has 1 aromatic carbocycles. The molecular formula is C23H26ClN5. The van der Waals surface area contributed by atoms with Gasteiger partial charge in [0, 0.05) is 40.8 Å². The first-order chi connectivity index (χ1) is 14.1. The fraction of sp³-hybridized carbons (Fsp3) is 0.348. The summed E-state index contributed by atoms with van der Waals surface area (Å²) in [5.41, 5.74) is 5.00. The predicted octanol–water partition coefficient (Wildman–Crippen LogP) is 6.30. The van der Waals surface area contributed by atoms with Crippen LogP contribution in [0.4, 0.5) is 17.5 Å². The summed E-state index contributed by atoms with van der Waals surface area (Å²) in [5.74, 6) is 1.41. The fourth-order valence-corrected chi connectivity index (χ4v) is 4.23. The molecule has 0 aliphatic heterocycles. The van der Waals surface area contributed by atoms with Crippen LogP contribution >= 0.6 is 11.6 Å². The highest BCUT2D eigenvalue weighted by Gasteiger charge is 2.16. The lowest BCUT2D eigenvalue weighted by Crippen LogP contribution is -2.23. The zero-order valence-corrected chi connectivity index (χ0v) is 17.6. The Labute approximate surface area is 177 Å². The summed E-state index contributed by atoms with van der Waals surface area (Å²) in [5, 5.41) is 7.78. The minimum Gasteiger partial charge on any atom is -0.351 e. The number of aromatic nitrogens is 3. The molecule has 3 aromatic rings. The minimum absolute atomic E-state index is 0.430. The van der Waals surface area contributed by atoms with E-state index in [4.69, 9.17) is 21.6 Å². The molecule has 5 nitrogen and oxygen atoms in total. The van der Waals surface area contributed by atoms with E-state index in [1.807, 2.05) is 50.4 Å². The van der Waals surface area contributed by atoms with E-state index in [0.717, 1.165) is 38.9 Å². The summed E-state index contributed by atoms with van der Waals surface area (Å²) in [7, 11) is 0. The molecule has 2 N–H and O–H groups in total. The Morgan fingerprint density at radius 1 is 1.00 bits per heavy atom. The number of rotatable bonds is 5. The van der Waals surface area contributed by atoms with Crippen LogP contribution in [0.3, 0.4) is 0 Å². The number of aryl methyl sites for hydroxylation is 2. The van der Waals surface area contributed by atoms with E-state index in [1.165, 1.54) is 32.1 Å². The molecule has 0 atom stereocenters. The molecule has 0 saturated heterocycles. The van der Waals surface area contributed by atoms with Crippen molar-refractivity contribution in [1.29, 1.82) is 0 Å². The quantitative estimate of drug-likeness (QED) is 0.519. The predicted molar refractivity (Wildman–Crippen MR) is 120 cm³/mol. The zero-order valence-electron chi connectivity index (χ0n) is 16.9. The van der Waals surface area contributed by atoms with Gasteiger partial charge in [-0.1, -0.05) is 30.9 Å². The molecule has 150 valence electrons. The van der Waals surface area contributed by atoms with Crippen molar-refractivity contribution in [2.24, 2.45) is 0 Å². The number of nitrogens with one attached hydrogen (secondary N) is 2. The van der Waals surface area contributed by atoms with Crippen LogP contribution in [0.5, 0.6) is 0 Å². The van der Waals surface area contributed by atoms with E-state index in [9.17, 15) is 0 Å². The molecule has 0 amide bonds. The van der Waals surface area contributed by atoms with Gasteiger partial charge in [0.25, 0.3) is 0 Å². The molecular weight excluding hydrogens is 382 g/mol. The van der Waals surface area contributed by atoms with Gasteiger partial charge in [-0.3, -0.25) is 4.98 Å². The molecule has 1 fully saturated rings. The van der Waals surface area contributed by atoms with Crippen molar-refractivity contribution in [1.82, 2.24) is 15.0 Å². The molecule has 4 rings (SSSR count). The average Bonchev–Trinajstić information content (AvgIpc) is 2.72. The largest absolute Gasteiger partial charge is 0.351 e. The Hall–Kier alpha value is -2.66. The summed E-state index contributed by atoms with van der Waals surface area (Å²) in [4.78, 5) is 13.8. The second kappa shape index (κ2) is 8.78. The molecule has 0 unspecified atom stereocenters. The number of hydrogen-bond acceptors (Lipinski definition) is 5. The highest BCUT2D eigenvalue weighted by molar-refractivity contribution is 6.30. The standard InChI is InChI=1S/C23H26ClN5/c1-15-11-18(24)12-16(2)22(15)28-21-13-20(17-7-6-10-25-14-17)27-23(29-21)26-19-8-4-3-5-9-19/h6-7,10-14,19H,3-5,8-9H2,1-2H3,(H2,26,27,28,29). The SMILES string of the molecule is Cc1cc(Cl)cc(C)c1Nc1cc(-c2cccnc2)nc(NC2CCCCC2)n1. The van der Waals surface area contributed by atoms with Gasteiger partial charge in [0.1, 0.15) is 5.82 Å². The number of halogens is 1. The highest BCUT2D eigenvalue weighted by atomic mass is 35.5. The van der Waals surface area contributed by atoms with Crippen LogP contribution < -0.4 is 10.6 Å². The third-order valence-corrected chi connectivity index (χ3v) is 5.59. The van der Waals surface area contributed by atoms with Gasteiger partial charge in [-0.15, -0.1) is 0 Å². The van der Waals surface area contributed by atoms with Crippen molar-refractivity contribution in [3.05, 3.63) is 58.9 Å². The first-order valence-electron chi connectivity index (χ1n) is 10.2. The number of nitrogens with zero attached hydrogens (tertiary/aromatic N) is 3. The van der Waals surface area contributed by atoms with Gasteiger partial charge in [0.05, 0.1) is 5.69 Å². The second-order valence-electron chi connectivity index (χ2n) is 7.72. The lowest BCUT2D eigenvalue weighted by Gasteiger charge is -2.23. The second-order valence-corrected chi connectivity index (χ2v) is 8.16. The summed E-state index contributed by atoms with van der Waals surface area (Å²) in [6.07, 6.45) is 9.76. The normalized spacial score (nSPS) is 14.6. The fourth-order valence-electron chi connectivity index (χ4n) is 3.90. The summed E-state index contributed by atoms with van der Waals surface area (Å²) in [6.45, 7) is 4.09.